The third-order valence-electron chi connectivity index (χ3n) is 5.73. The molecule has 32 heavy (non-hydrogen) atoms. The van der Waals surface area contributed by atoms with Gasteiger partial charge in [-0.1, -0.05) is 38.1 Å². The maximum Gasteiger partial charge on any atom is 0.268 e. The molecule has 4 aromatic rings. The minimum Gasteiger partial charge on any atom is -0.397 e. The van der Waals surface area contributed by atoms with Gasteiger partial charge in [-0.25, -0.2) is 4.98 Å². The number of fused-ring (bicyclic) bond motifs is 4. The van der Waals surface area contributed by atoms with Crippen molar-refractivity contribution in [3.8, 4) is 16.5 Å². The maximum absolute atomic E-state index is 13.2. The van der Waals surface area contributed by atoms with E-state index in [1.54, 1.807) is 0 Å². The number of nitrogens with one attached hydrogen (secondary N) is 1. The summed E-state index contributed by atoms with van der Waals surface area (Å²) in [5.41, 5.74) is 11.8. The van der Waals surface area contributed by atoms with Crippen molar-refractivity contribution in [1.29, 1.82) is 5.26 Å². The van der Waals surface area contributed by atoms with Crippen LogP contribution in [0.3, 0.4) is 0 Å². The molecule has 1 aliphatic carbocycles. The zero-order valence-electron chi connectivity index (χ0n) is 17.9. The van der Waals surface area contributed by atoms with Crippen LogP contribution in [0.15, 0.2) is 36.4 Å². The molecule has 0 saturated heterocycles. The number of thiophene rings is 2. The van der Waals surface area contributed by atoms with E-state index in [4.69, 9.17) is 10.7 Å². The predicted octanol–water partition coefficient (Wildman–Crippen LogP) is 6.03. The van der Waals surface area contributed by atoms with Gasteiger partial charge in [-0.15, -0.1) is 22.7 Å². The number of nitrogens with zero attached hydrogens (tertiary/aromatic N) is 2. The van der Waals surface area contributed by atoms with E-state index in [0.29, 0.717) is 27.0 Å². The van der Waals surface area contributed by atoms with E-state index in [9.17, 15) is 10.1 Å². The largest absolute Gasteiger partial charge is 0.397 e. The predicted molar refractivity (Wildman–Crippen MR) is 132 cm³/mol. The van der Waals surface area contributed by atoms with Crippen LogP contribution in [0.5, 0.6) is 0 Å². The quantitative estimate of drug-likeness (QED) is 0.391. The smallest absolute Gasteiger partial charge is 0.268 e. The van der Waals surface area contributed by atoms with Gasteiger partial charge in [-0.2, -0.15) is 5.26 Å². The highest BCUT2D eigenvalue weighted by atomic mass is 32.1. The number of pyridine rings is 1. The van der Waals surface area contributed by atoms with Gasteiger partial charge < -0.3 is 11.1 Å². The molecular weight excluding hydrogens is 436 g/mol. The average molecular weight is 459 g/mol. The zero-order chi connectivity index (χ0) is 22.4. The number of anilines is 2. The monoisotopic (exact) mass is 458 g/mol. The van der Waals surface area contributed by atoms with Crippen LogP contribution < -0.4 is 11.1 Å². The molecule has 5 rings (SSSR count). The summed E-state index contributed by atoms with van der Waals surface area (Å²) in [5.74, 6) is 0.207. The van der Waals surface area contributed by atoms with Crippen molar-refractivity contribution in [1.82, 2.24) is 4.98 Å². The van der Waals surface area contributed by atoms with Crippen LogP contribution in [0, 0.1) is 17.2 Å². The number of rotatable bonds is 4. The zero-order valence-corrected chi connectivity index (χ0v) is 19.5. The Kier molecular flexibility index (Phi) is 5.20. The fourth-order valence-electron chi connectivity index (χ4n) is 4.24. The lowest BCUT2D eigenvalue weighted by molar-refractivity contribution is 0.103. The highest BCUT2D eigenvalue weighted by Crippen LogP contribution is 2.45. The summed E-state index contributed by atoms with van der Waals surface area (Å²) in [5, 5.41) is 14.2. The SMILES string of the molecule is CC(C)Cc1ccc2c(N)c(C(=O)Nc3sc4c(c3C#N)CCc3ccccc3-4)sc2n1. The molecule has 0 unspecified atom stereocenters. The van der Waals surface area contributed by atoms with Gasteiger partial charge in [0.15, 0.2) is 0 Å². The second-order valence-corrected chi connectivity index (χ2v) is 10.5. The Morgan fingerprint density at radius 3 is 2.81 bits per heavy atom. The highest BCUT2D eigenvalue weighted by molar-refractivity contribution is 7.22. The Morgan fingerprint density at radius 2 is 2.03 bits per heavy atom. The van der Waals surface area contributed by atoms with Gasteiger partial charge in [-0.3, -0.25) is 4.79 Å². The van der Waals surface area contributed by atoms with E-state index in [1.165, 1.54) is 28.2 Å². The van der Waals surface area contributed by atoms with E-state index >= 15 is 0 Å². The van der Waals surface area contributed by atoms with Gasteiger partial charge in [0.1, 0.15) is 20.8 Å². The van der Waals surface area contributed by atoms with E-state index in [-0.39, 0.29) is 5.91 Å². The Bertz CT molecular complexity index is 1410. The fourth-order valence-corrected chi connectivity index (χ4v) is 6.51. The molecule has 5 nitrogen and oxygen atoms in total. The van der Waals surface area contributed by atoms with Crippen molar-refractivity contribution >= 4 is 49.5 Å². The molecule has 160 valence electrons. The second kappa shape index (κ2) is 8.05. The van der Waals surface area contributed by atoms with Crippen LogP contribution in [-0.4, -0.2) is 10.9 Å². The van der Waals surface area contributed by atoms with Crippen molar-refractivity contribution in [2.24, 2.45) is 5.92 Å². The lowest BCUT2D eigenvalue weighted by atomic mass is 9.90. The van der Waals surface area contributed by atoms with Crippen LogP contribution >= 0.6 is 22.7 Å². The summed E-state index contributed by atoms with van der Waals surface area (Å²) in [6.07, 6.45) is 2.58. The summed E-state index contributed by atoms with van der Waals surface area (Å²) in [7, 11) is 0. The van der Waals surface area contributed by atoms with E-state index < -0.39 is 0 Å². The molecule has 3 heterocycles. The molecule has 0 saturated carbocycles. The van der Waals surface area contributed by atoms with Crippen molar-refractivity contribution in [3.05, 3.63) is 63.7 Å². The van der Waals surface area contributed by atoms with Gasteiger partial charge in [0.25, 0.3) is 5.91 Å². The van der Waals surface area contributed by atoms with Crippen LogP contribution in [0.1, 0.15) is 45.9 Å². The molecule has 0 spiro atoms. The standard InChI is InChI=1S/C25H22N4OS2/c1-13(2)11-15-8-10-18-20(27)22(32-24(18)28-15)23(30)29-25-19(12-26)17-9-7-14-5-3-4-6-16(14)21(17)31-25/h3-6,8,10,13H,7,9,11,27H2,1-2H3,(H,29,30). The number of nitriles is 1. The molecule has 3 aromatic heterocycles. The number of hydrogen-bond acceptors (Lipinski definition) is 6. The minimum atomic E-state index is -0.292. The molecule has 0 bridgehead atoms. The Labute approximate surface area is 194 Å². The first-order valence-electron chi connectivity index (χ1n) is 10.6. The average Bonchev–Trinajstić information content (AvgIpc) is 3.30. The van der Waals surface area contributed by atoms with Gasteiger partial charge in [0.05, 0.1) is 11.3 Å². The molecule has 0 aliphatic heterocycles. The van der Waals surface area contributed by atoms with Gasteiger partial charge >= 0.3 is 0 Å². The summed E-state index contributed by atoms with van der Waals surface area (Å²) in [6.45, 7) is 4.30. The van der Waals surface area contributed by atoms with Gasteiger partial charge in [0.2, 0.25) is 0 Å². The van der Waals surface area contributed by atoms with Crippen LogP contribution in [-0.2, 0) is 19.3 Å². The number of nitrogen functional groups attached to an aromatic ring is 1. The molecule has 0 fully saturated rings. The lowest BCUT2D eigenvalue weighted by Crippen LogP contribution is -2.12. The molecule has 1 amide bonds. The Balaban J connectivity index is 1.50. The Morgan fingerprint density at radius 1 is 1.22 bits per heavy atom. The van der Waals surface area contributed by atoms with E-state index in [1.807, 2.05) is 24.3 Å². The molecule has 1 aliphatic rings. The lowest BCUT2D eigenvalue weighted by Gasteiger charge is -2.15. The normalized spacial score (nSPS) is 12.4. The van der Waals surface area contributed by atoms with Crippen LogP contribution in [0.4, 0.5) is 10.7 Å². The number of hydrogen-bond donors (Lipinski definition) is 2. The van der Waals surface area contributed by atoms with Crippen molar-refractivity contribution < 1.29 is 4.79 Å². The number of nitrogens with two attached hydrogens (primary N) is 1. The summed E-state index contributed by atoms with van der Waals surface area (Å²) >= 11 is 2.77. The number of aromatic nitrogens is 1. The van der Waals surface area contributed by atoms with Crippen LogP contribution in [0.2, 0.25) is 0 Å². The molecular formula is C25H22N4OS2. The van der Waals surface area contributed by atoms with Gasteiger partial charge in [-0.05, 0) is 54.0 Å². The maximum atomic E-state index is 13.2. The van der Waals surface area contributed by atoms with Crippen molar-refractivity contribution in [3.63, 3.8) is 0 Å². The molecule has 7 heteroatoms. The summed E-state index contributed by atoms with van der Waals surface area (Å²) in [4.78, 5) is 20.2. The van der Waals surface area contributed by atoms with Crippen molar-refractivity contribution in [2.75, 3.05) is 11.1 Å². The highest BCUT2D eigenvalue weighted by Gasteiger charge is 2.26. The summed E-state index contributed by atoms with van der Waals surface area (Å²) < 4.78 is 0. The number of carbonyl (C=O) groups is 1. The topological polar surface area (TPSA) is 91.8 Å². The second-order valence-electron chi connectivity index (χ2n) is 8.44. The number of benzene rings is 1. The van der Waals surface area contributed by atoms with Crippen molar-refractivity contribution in [2.45, 2.75) is 33.1 Å². The number of carbonyl (C=O) groups excluding carboxylic acids is 1. The molecule has 0 atom stereocenters. The minimum absolute atomic E-state index is 0.292. The first kappa shape index (κ1) is 20.7. The molecule has 1 aromatic carbocycles. The summed E-state index contributed by atoms with van der Waals surface area (Å²) in [6, 6.07) is 14.5. The van der Waals surface area contributed by atoms with E-state index in [2.05, 4.69) is 37.4 Å². The Hall–Kier alpha value is -3.21. The van der Waals surface area contributed by atoms with Gasteiger partial charge in [0, 0.05) is 16.0 Å². The van der Waals surface area contributed by atoms with Crippen LogP contribution in [0.25, 0.3) is 20.7 Å². The first-order chi connectivity index (χ1) is 15.5. The number of aryl methyl sites for hydroxylation is 1. The first-order valence-corrected chi connectivity index (χ1v) is 12.2. The van der Waals surface area contributed by atoms with E-state index in [0.717, 1.165) is 51.2 Å². The third kappa shape index (κ3) is 3.46. The number of amides is 1. The molecule has 3 N–H and O–H groups in total. The third-order valence-corrected chi connectivity index (χ3v) is 8.02. The fraction of sp³-hybridized carbons (Fsp3) is 0.240. The molecule has 0 radical (unpaired) electrons.